The van der Waals surface area contributed by atoms with Crippen LogP contribution >= 0.6 is 0 Å². The van der Waals surface area contributed by atoms with Crippen LogP contribution in [0.15, 0.2) is 0 Å². The second-order valence-electron chi connectivity index (χ2n) is 7.13. The van der Waals surface area contributed by atoms with Gasteiger partial charge in [-0.25, -0.2) is 4.79 Å². The van der Waals surface area contributed by atoms with Crippen molar-refractivity contribution >= 4 is 35.6 Å². The van der Waals surface area contributed by atoms with Gasteiger partial charge < -0.3 is 47.8 Å². The molecule has 0 rings (SSSR count). The molecule has 0 bridgehead atoms. The van der Waals surface area contributed by atoms with E-state index in [-0.39, 0.29) is 19.4 Å². The second-order valence-corrected chi connectivity index (χ2v) is 7.13. The zero-order chi connectivity index (χ0) is 25.6. The van der Waals surface area contributed by atoms with Crippen molar-refractivity contribution in [3.05, 3.63) is 0 Å². The Morgan fingerprint density at radius 3 is 1.76 bits per heavy atom. The molecule has 4 unspecified atom stereocenters. The van der Waals surface area contributed by atoms with Gasteiger partial charge in [-0.1, -0.05) is 0 Å². The van der Waals surface area contributed by atoms with Crippen molar-refractivity contribution in [3.8, 4) is 0 Å². The first-order valence-corrected chi connectivity index (χ1v) is 10.1. The standard InChI is InChI=1S/C18H31N5O10/c19-6-2-1-3-10(16(30)22-11(18(32)33)7-14(27)28)21-17(31)12(8-24)23-15(29)9(20)4-5-13(25)26/h9-12,24H,1-8,19-20H2,(H,21,31)(H,22,30)(H,23,29)(H,25,26)(H,27,28)(H,32,33). The van der Waals surface area contributed by atoms with E-state index in [9.17, 15) is 33.9 Å². The third-order valence-electron chi connectivity index (χ3n) is 4.39. The van der Waals surface area contributed by atoms with E-state index in [1.165, 1.54) is 0 Å². The molecule has 4 atom stereocenters. The summed E-state index contributed by atoms with van der Waals surface area (Å²) in [5, 5.41) is 42.4. The second kappa shape index (κ2) is 15.5. The molecule has 0 fully saturated rings. The Balaban J connectivity index is 5.26. The molecular formula is C18H31N5O10. The number of amides is 3. The highest BCUT2D eigenvalue weighted by Crippen LogP contribution is 2.04. The number of nitrogens with one attached hydrogen (secondary N) is 3. The van der Waals surface area contributed by atoms with Gasteiger partial charge in [-0.05, 0) is 32.2 Å². The van der Waals surface area contributed by atoms with Crippen LogP contribution in [0.4, 0.5) is 0 Å². The lowest BCUT2D eigenvalue weighted by molar-refractivity contribution is -0.147. The van der Waals surface area contributed by atoms with Crippen LogP contribution in [0.3, 0.4) is 0 Å². The molecule has 188 valence electrons. The third-order valence-corrected chi connectivity index (χ3v) is 4.39. The van der Waals surface area contributed by atoms with Gasteiger partial charge in [0.1, 0.15) is 18.1 Å². The number of unbranched alkanes of at least 4 members (excludes halogenated alkanes) is 1. The summed E-state index contributed by atoms with van der Waals surface area (Å²) < 4.78 is 0. The Morgan fingerprint density at radius 1 is 0.727 bits per heavy atom. The summed E-state index contributed by atoms with van der Waals surface area (Å²) in [4.78, 5) is 69.7. The van der Waals surface area contributed by atoms with Gasteiger partial charge in [-0.2, -0.15) is 0 Å². The van der Waals surface area contributed by atoms with E-state index in [2.05, 4.69) is 10.6 Å². The van der Waals surface area contributed by atoms with Crippen molar-refractivity contribution in [2.45, 2.75) is 62.7 Å². The van der Waals surface area contributed by atoms with Crippen molar-refractivity contribution in [2.75, 3.05) is 13.2 Å². The summed E-state index contributed by atoms with van der Waals surface area (Å²) in [6, 6.07) is -5.86. The number of carbonyl (C=O) groups excluding carboxylic acids is 3. The largest absolute Gasteiger partial charge is 0.481 e. The summed E-state index contributed by atoms with van der Waals surface area (Å²) in [5.41, 5.74) is 11.0. The first-order valence-electron chi connectivity index (χ1n) is 10.1. The van der Waals surface area contributed by atoms with E-state index in [1.54, 1.807) is 0 Å². The number of carbonyl (C=O) groups is 6. The number of rotatable bonds is 17. The average molecular weight is 477 g/mol. The van der Waals surface area contributed by atoms with Crippen LogP contribution in [0.1, 0.15) is 38.5 Å². The number of carboxylic acids is 3. The van der Waals surface area contributed by atoms with Crippen LogP contribution in [0.5, 0.6) is 0 Å². The quantitative estimate of drug-likeness (QED) is 0.0916. The molecular weight excluding hydrogens is 446 g/mol. The molecule has 15 heteroatoms. The van der Waals surface area contributed by atoms with Gasteiger partial charge in [-0.3, -0.25) is 24.0 Å². The van der Waals surface area contributed by atoms with Gasteiger partial charge in [0.15, 0.2) is 0 Å². The molecule has 11 N–H and O–H groups in total. The third kappa shape index (κ3) is 12.4. The van der Waals surface area contributed by atoms with Crippen LogP contribution in [0.2, 0.25) is 0 Å². The maximum atomic E-state index is 12.5. The summed E-state index contributed by atoms with van der Waals surface area (Å²) in [7, 11) is 0. The maximum absolute atomic E-state index is 12.5. The van der Waals surface area contributed by atoms with E-state index >= 15 is 0 Å². The average Bonchev–Trinajstić information content (AvgIpc) is 2.73. The zero-order valence-electron chi connectivity index (χ0n) is 17.9. The Labute approximate surface area is 188 Å². The molecule has 0 aliphatic carbocycles. The van der Waals surface area contributed by atoms with Gasteiger partial charge in [-0.15, -0.1) is 0 Å². The van der Waals surface area contributed by atoms with E-state index in [4.69, 9.17) is 26.8 Å². The Morgan fingerprint density at radius 2 is 1.27 bits per heavy atom. The minimum atomic E-state index is -1.75. The summed E-state index contributed by atoms with van der Waals surface area (Å²) in [5.74, 6) is -7.10. The van der Waals surface area contributed by atoms with Crippen LogP contribution in [0, 0.1) is 0 Å². The molecule has 33 heavy (non-hydrogen) atoms. The maximum Gasteiger partial charge on any atom is 0.326 e. The first kappa shape index (κ1) is 29.7. The summed E-state index contributed by atoms with van der Waals surface area (Å²) in [6.07, 6.45) is -0.676. The van der Waals surface area contributed by atoms with E-state index in [0.29, 0.717) is 12.8 Å². The molecule has 3 amide bonds. The van der Waals surface area contributed by atoms with Crippen molar-refractivity contribution in [1.29, 1.82) is 0 Å². The highest BCUT2D eigenvalue weighted by atomic mass is 16.4. The van der Waals surface area contributed by atoms with Crippen LogP contribution in [0.25, 0.3) is 0 Å². The number of nitrogens with two attached hydrogens (primary N) is 2. The van der Waals surface area contributed by atoms with E-state index < -0.39 is 79.2 Å². The van der Waals surface area contributed by atoms with Gasteiger partial charge in [0.05, 0.1) is 19.1 Å². The number of hydrogen-bond acceptors (Lipinski definition) is 9. The van der Waals surface area contributed by atoms with Crippen molar-refractivity contribution in [3.63, 3.8) is 0 Å². The van der Waals surface area contributed by atoms with Crippen LogP contribution < -0.4 is 27.4 Å². The molecule has 0 aromatic heterocycles. The lowest BCUT2D eigenvalue weighted by Gasteiger charge is -2.24. The fourth-order valence-corrected chi connectivity index (χ4v) is 2.56. The minimum absolute atomic E-state index is 0.0123. The molecule has 0 radical (unpaired) electrons. The Bertz CT molecular complexity index is 717. The van der Waals surface area contributed by atoms with Gasteiger partial charge >= 0.3 is 17.9 Å². The topological polar surface area (TPSA) is 271 Å². The molecule has 15 nitrogen and oxygen atoms in total. The van der Waals surface area contributed by atoms with Gasteiger partial charge in [0.2, 0.25) is 17.7 Å². The number of aliphatic hydroxyl groups is 1. The predicted octanol–water partition coefficient (Wildman–Crippen LogP) is -3.69. The molecule has 0 saturated carbocycles. The molecule has 0 heterocycles. The lowest BCUT2D eigenvalue weighted by atomic mass is 10.1. The zero-order valence-corrected chi connectivity index (χ0v) is 17.9. The first-order chi connectivity index (χ1) is 15.4. The lowest BCUT2D eigenvalue weighted by Crippen LogP contribution is -2.58. The molecule has 0 aromatic carbocycles. The van der Waals surface area contributed by atoms with Crippen molar-refractivity contribution < 1.29 is 49.2 Å². The molecule has 0 spiro atoms. The predicted molar refractivity (Wildman–Crippen MR) is 111 cm³/mol. The summed E-state index contributed by atoms with van der Waals surface area (Å²) >= 11 is 0. The molecule has 0 aromatic rings. The SMILES string of the molecule is NCCCCC(NC(=O)C(CO)NC(=O)C(N)CCC(=O)O)C(=O)NC(CC(=O)O)C(=O)O. The minimum Gasteiger partial charge on any atom is -0.481 e. The number of carboxylic acid groups (broad SMARTS) is 3. The summed E-state index contributed by atoms with van der Waals surface area (Å²) in [6.45, 7) is -0.597. The van der Waals surface area contributed by atoms with Crippen molar-refractivity contribution in [1.82, 2.24) is 16.0 Å². The van der Waals surface area contributed by atoms with Crippen LogP contribution in [-0.4, -0.2) is 93.4 Å². The number of aliphatic hydroxyl groups excluding tert-OH is 1. The Kier molecular flexibility index (Phi) is 13.9. The fraction of sp³-hybridized carbons (Fsp3) is 0.667. The monoisotopic (exact) mass is 477 g/mol. The number of hydrogen-bond donors (Lipinski definition) is 9. The van der Waals surface area contributed by atoms with E-state index in [0.717, 1.165) is 0 Å². The molecule has 0 aliphatic heterocycles. The van der Waals surface area contributed by atoms with Crippen LogP contribution in [-0.2, 0) is 28.8 Å². The Hall–Kier alpha value is -3.30. The fourth-order valence-electron chi connectivity index (χ4n) is 2.56. The van der Waals surface area contributed by atoms with Gasteiger partial charge in [0, 0.05) is 6.42 Å². The van der Waals surface area contributed by atoms with Gasteiger partial charge in [0.25, 0.3) is 0 Å². The smallest absolute Gasteiger partial charge is 0.326 e. The molecule has 0 aliphatic rings. The highest BCUT2D eigenvalue weighted by molar-refractivity contribution is 5.94. The van der Waals surface area contributed by atoms with Crippen molar-refractivity contribution in [2.24, 2.45) is 11.5 Å². The normalized spacial score (nSPS) is 14.3. The molecule has 0 saturated heterocycles. The van der Waals surface area contributed by atoms with E-state index in [1.807, 2.05) is 5.32 Å². The number of aliphatic carboxylic acids is 3. The highest BCUT2D eigenvalue weighted by Gasteiger charge is 2.30.